The van der Waals surface area contributed by atoms with Crippen LogP contribution in [0.2, 0.25) is 0 Å². The van der Waals surface area contributed by atoms with Crippen molar-refractivity contribution in [2.45, 2.75) is 20.8 Å². The number of halogens is 1. The number of alkyl halides is 1. The number of hydrogen-bond acceptors (Lipinski definition) is 4. The van der Waals surface area contributed by atoms with Gasteiger partial charge in [-0.05, 0) is 20.8 Å². The molecule has 1 heterocycles. The van der Waals surface area contributed by atoms with Crippen molar-refractivity contribution in [2.24, 2.45) is 5.41 Å². The Balaban J connectivity index is 2.66. The molecule has 14 heavy (non-hydrogen) atoms. The molecule has 1 aromatic rings. The highest BCUT2D eigenvalue weighted by Gasteiger charge is 2.27. The zero-order valence-electron chi connectivity index (χ0n) is 8.30. The predicted octanol–water partition coefficient (Wildman–Crippen LogP) is 2.05. The minimum Gasteiger partial charge on any atom is -0.300 e. The highest BCUT2D eigenvalue weighted by Crippen LogP contribution is 2.20. The van der Waals surface area contributed by atoms with E-state index in [1.165, 1.54) is 11.5 Å². The van der Waals surface area contributed by atoms with Gasteiger partial charge in [-0.25, -0.2) is 4.98 Å². The van der Waals surface area contributed by atoms with Crippen molar-refractivity contribution in [1.29, 1.82) is 0 Å². The summed E-state index contributed by atoms with van der Waals surface area (Å²) in [6, 6.07) is 0. The number of rotatable bonds is 3. The Labute approximate surface area is 91.9 Å². The van der Waals surface area contributed by atoms with Gasteiger partial charge in [0.1, 0.15) is 5.82 Å². The van der Waals surface area contributed by atoms with E-state index in [4.69, 9.17) is 11.6 Å². The van der Waals surface area contributed by atoms with E-state index >= 15 is 0 Å². The molecular weight excluding hydrogens is 222 g/mol. The molecule has 1 N–H and O–H groups in total. The highest BCUT2D eigenvalue weighted by atomic mass is 35.5. The molecule has 0 radical (unpaired) electrons. The third-order valence-electron chi connectivity index (χ3n) is 1.70. The molecule has 0 bridgehead atoms. The lowest BCUT2D eigenvalue weighted by Crippen LogP contribution is -2.32. The van der Waals surface area contributed by atoms with Gasteiger partial charge in [0.15, 0.2) is 0 Å². The van der Waals surface area contributed by atoms with Gasteiger partial charge in [-0.1, -0.05) is 0 Å². The van der Waals surface area contributed by atoms with E-state index in [9.17, 15) is 4.79 Å². The van der Waals surface area contributed by atoms with E-state index in [1.54, 1.807) is 20.8 Å². The number of carbonyl (C=O) groups excluding carboxylic acids is 1. The summed E-state index contributed by atoms with van der Waals surface area (Å²) < 4.78 is 3.96. The fraction of sp³-hybridized carbons (Fsp3) is 0.625. The second kappa shape index (κ2) is 4.23. The normalized spacial score (nSPS) is 11.4. The van der Waals surface area contributed by atoms with Crippen molar-refractivity contribution < 1.29 is 4.79 Å². The predicted molar refractivity (Wildman–Crippen MR) is 57.8 cm³/mol. The molecule has 1 aromatic heterocycles. The maximum absolute atomic E-state index is 11.6. The number of aryl methyl sites for hydroxylation is 1. The molecule has 0 spiro atoms. The fourth-order valence-corrected chi connectivity index (χ4v) is 1.37. The number of hydrogen-bond donors (Lipinski definition) is 1. The molecule has 0 atom stereocenters. The van der Waals surface area contributed by atoms with Gasteiger partial charge in [-0.3, -0.25) is 4.79 Å². The van der Waals surface area contributed by atoms with Gasteiger partial charge in [0.05, 0.1) is 5.41 Å². The van der Waals surface area contributed by atoms with Crippen LogP contribution < -0.4 is 5.32 Å². The van der Waals surface area contributed by atoms with Crippen LogP contribution in [0.25, 0.3) is 0 Å². The van der Waals surface area contributed by atoms with E-state index < -0.39 is 5.41 Å². The quantitative estimate of drug-likeness (QED) is 0.813. The molecule has 1 amide bonds. The van der Waals surface area contributed by atoms with Crippen molar-refractivity contribution in [2.75, 3.05) is 11.2 Å². The van der Waals surface area contributed by atoms with Crippen molar-refractivity contribution in [3.63, 3.8) is 0 Å². The van der Waals surface area contributed by atoms with Gasteiger partial charge < -0.3 is 5.32 Å². The molecule has 0 saturated heterocycles. The first kappa shape index (κ1) is 11.4. The van der Waals surface area contributed by atoms with E-state index in [0.717, 1.165) is 0 Å². The number of amides is 1. The lowest BCUT2D eigenvalue weighted by molar-refractivity contribution is -0.122. The SMILES string of the molecule is Cc1nsc(NC(=O)C(C)(C)CCl)n1. The Morgan fingerprint density at radius 2 is 2.29 bits per heavy atom. The van der Waals surface area contributed by atoms with Crippen LogP contribution in [0.1, 0.15) is 19.7 Å². The van der Waals surface area contributed by atoms with E-state index in [1.807, 2.05) is 0 Å². The van der Waals surface area contributed by atoms with Crippen LogP contribution in [-0.4, -0.2) is 21.1 Å². The minimum absolute atomic E-state index is 0.136. The largest absolute Gasteiger partial charge is 0.300 e. The minimum atomic E-state index is -0.582. The zero-order chi connectivity index (χ0) is 10.8. The summed E-state index contributed by atoms with van der Waals surface area (Å²) in [5.41, 5.74) is -0.582. The summed E-state index contributed by atoms with van der Waals surface area (Å²) in [7, 11) is 0. The molecular formula is C8H12ClN3OS. The van der Waals surface area contributed by atoms with Crippen LogP contribution in [0, 0.1) is 12.3 Å². The number of nitrogens with zero attached hydrogens (tertiary/aromatic N) is 2. The maximum atomic E-state index is 11.6. The Morgan fingerprint density at radius 3 is 2.71 bits per heavy atom. The molecule has 0 unspecified atom stereocenters. The molecule has 0 fully saturated rings. The molecule has 1 rings (SSSR count). The standard InChI is InChI=1S/C8H12ClN3OS/c1-5-10-7(14-12-5)11-6(13)8(2,3)4-9/h4H2,1-3H3,(H,10,11,12,13). The molecule has 0 aliphatic heterocycles. The molecule has 4 nitrogen and oxygen atoms in total. The van der Waals surface area contributed by atoms with Gasteiger partial charge in [-0.15, -0.1) is 11.6 Å². The van der Waals surface area contributed by atoms with Crippen LogP contribution >= 0.6 is 23.1 Å². The van der Waals surface area contributed by atoms with Crippen LogP contribution in [0.4, 0.5) is 5.13 Å². The second-order valence-corrected chi connectivity index (χ2v) is 4.64. The van der Waals surface area contributed by atoms with Crippen LogP contribution in [-0.2, 0) is 4.79 Å². The van der Waals surface area contributed by atoms with Crippen LogP contribution in [0.3, 0.4) is 0 Å². The van der Waals surface area contributed by atoms with Gasteiger partial charge in [0.25, 0.3) is 0 Å². The van der Waals surface area contributed by atoms with Crippen LogP contribution in [0.15, 0.2) is 0 Å². The second-order valence-electron chi connectivity index (χ2n) is 3.62. The first-order valence-electron chi connectivity index (χ1n) is 4.13. The molecule has 6 heteroatoms. The lowest BCUT2D eigenvalue weighted by atomic mass is 9.95. The number of aromatic nitrogens is 2. The summed E-state index contributed by atoms with van der Waals surface area (Å²) in [4.78, 5) is 15.6. The molecule has 0 saturated carbocycles. The number of anilines is 1. The van der Waals surface area contributed by atoms with Crippen molar-refractivity contribution >= 4 is 34.2 Å². The Morgan fingerprint density at radius 1 is 1.64 bits per heavy atom. The van der Waals surface area contributed by atoms with Gasteiger partial charge >= 0.3 is 0 Å². The van der Waals surface area contributed by atoms with Crippen molar-refractivity contribution in [3.8, 4) is 0 Å². The summed E-state index contributed by atoms with van der Waals surface area (Å²) in [6.07, 6.45) is 0. The first-order valence-corrected chi connectivity index (χ1v) is 5.44. The van der Waals surface area contributed by atoms with Gasteiger partial charge in [0.2, 0.25) is 11.0 Å². The zero-order valence-corrected chi connectivity index (χ0v) is 9.87. The third-order valence-corrected chi connectivity index (χ3v) is 3.09. The smallest absolute Gasteiger partial charge is 0.233 e. The monoisotopic (exact) mass is 233 g/mol. The number of nitrogens with one attached hydrogen (secondary N) is 1. The third kappa shape index (κ3) is 2.65. The van der Waals surface area contributed by atoms with Gasteiger partial charge in [-0.2, -0.15) is 4.37 Å². The lowest BCUT2D eigenvalue weighted by Gasteiger charge is -2.18. The summed E-state index contributed by atoms with van der Waals surface area (Å²) >= 11 is 6.83. The molecule has 0 aliphatic carbocycles. The summed E-state index contributed by atoms with van der Waals surface area (Å²) in [5.74, 6) is 0.800. The first-order chi connectivity index (χ1) is 6.45. The summed E-state index contributed by atoms with van der Waals surface area (Å²) in [5, 5.41) is 3.19. The van der Waals surface area contributed by atoms with Crippen molar-refractivity contribution in [1.82, 2.24) is 9.36 Å². The fourth-order valence-electron chi connectivity index (χ4n) is 0.675. The Kier molecular flexibility index (Phi) is 3.44. The maximum Gasteiger partial charge on any atom is 0.233 e. The van der Waals surface area contributed by atoms with E-state index in [0.29, 0.717) is 11.0 Å². The summed E-state index contributed by atoms with van der Waals surface area (Å²) in [6.45, 7) is 5.34. The van der Waals surface area contributed by atoms with Gasteiger partial charge in [0, 0.05) is 17.4 Å². The topological polar surface area (TPSA) is 54.9 Å². The molecule has 0 aliphatic rings. The van der Waals surface area contributed by atoms with Crippen molar-refractivity contribution in [3.05, 3.63) is 5.82 Å². The highest BCUT2D eigenvalue weighted by molar-refractivity contribution is 7.09. The average Bonchev–Trinajstić information content (AvgIpc) is 2.51. The average molecular weight is 234 g/mol. The number of carbonyl (C=O) groups is 1. The van der Waals surface area contributed by atoms with Crippen LogP contribution in [0.5, 0.6) is 0 Å². The Bertz CT molecular complexity index is 337. The molecule has 78 valence electrons. The molecule has 0 aromatic carbocycles. The van der Waals surface area contributed by atoms with E-state index in [-0.39, 0.29) is 11.8 Å². The Hall–Kier alpha value is -0.680. The van der Waals surface area contributed by atoms with E-state index in [2.05, 4.69) is 14.7 Å².